The minimum Gasteiger partial charge on any atom is -0.508 e. The fraction of sp³-hybridized carbons (Fsp3) is 0.250. The highest BCUT2D eigenvalue weighted by Gasteiger charge is 2.05. The Hall–Kier alpha value is -2.03. The fourth-order valence-electron chi connectivity index (χ4n) is 2.05. The molecule has 0 aliphatic heterocycles. The third kappa shape index (κ3) is 3.71. The number of anilines is 1. The molecule has 0 radical (unpaired) electrons. The van der Waals surface area contributed by atoms with Crippen LogP contribution in [-0.2, 0) is 6.42 Å². The maximum absolute atomic E-state index is 13.1. The van der Waals surface area contributed by atoms with Crippen LogP contribution in [-0.4, -0.2) is 11.1 Å². The fourth-order valence-corrected chi connectivity index (χ4v) is 2.05. The van der Waals surface area contributed by atoms with Crippen molar-refractivity contribution in [2.45, 2.75) is 26.3 Å². The highest BCUT2D eigenvalue weighted by molar-refractivity contribution is 5.51. The van der Waals surface area contributed by atoms with Gasteiger partial charge >= 0.3 is 0 Å². The third-order valence-corrected chi connectivity index (χ3v) is 3.05. The zero-order valence-electron chi connectivity index (χ0n) is 11.2. The Labute approximate surface area is 112 Å². The monoisotopic (exact) mass is 259 g/mol. The highest BCUT2D eigenvalue weighted by Crippen LogP contribution is 2.21. The molecule has 0 spiro atoms. The van der Waals surface area contributed by atoms with Crippen molar-refractivity contribution in [1.29, 1.82) is 0 Å². The van der Waals surface area contributed by atoms with Crippen LogP contribution in [0.4, 0.5) is 10.1 Å². The quantitative estimate of drug-likeness (QED) is 0.873. The summed E-state index contributed by atoms with van der Waals surface area (Å²) in [6.45, 7) is 3.89. The lowest BCUT2D eigenvalue weighted by Gasteiger charge is -2.16. The van der Waals surface area contributed by atoms with Gasteiger partial charge in [-0.05, 0) is 49.6 Å². The number of phenolic OH excluding ortho intramolecular Hbond substituents is 1. The number of phenols is 1. The Kier molecular flexibility index (Phi) is 4.05. The summed E-state index contributed by atoms with van der Waals surface area (Å²) >= 11 is 0. The summed E-state index contributed by atoms with van der Waals surface area (Å²) in [6, 6.07) is 12.3. The Morgan fingerprint density at radius 2 is 2.00 bits per heavy atom. The molecule has 19 heavy (non-hydrogen) atoms. The normalized spacial score (nSPS) is 12.2. The van der Waals surface area contributed by atoms with Gasteiger partial charge in [0.25, 0.3) is 0 Å². The first-order chi connectivity index (χ1) is 9.04. The minimum absolute atomic E-state index is 0.156. The number of benzene rings is 2. The SMILES string of the molecule is Cc1ccc(NC(C)Cc2cccc(F)c2)cc1O. The number of hydrogen-bond acceptors (Lipinski definition) is 2. The summed E-state index contributed by atoms with van der Waals surface area (Å²) in [5, 5.41) is 12.9. The smallest absolute Gasteiger partial charge is 0.123 e. The van der Waals surface area contributed by atoms with E-state index in [1.54, 1.807) is 18.2 Å². The summed E-state index contributed by atoms with van der Waals surface area (Å²) in [6.07, 6.45) is 0.729. The summed E-state index contributed by atoms with van der Waals surface area (Å²) in [5.74, 6) is 0.0700. The summed E-state index contributed by atoms with van der Waals surface area (Å²) in [5.41, 5.74) is 2.67. The van der Waals surface area contributed by atoms with Crippen molar-refractivity contribution < 1.29 is 9.50 Å². The number of aromatic hydroxyl groups is 1. The van der Waals surface area contributed by atoms with E-state index in [1.807, 2.05) is 32.0 Å². The molecule has 3 heteroatoms. The molecule has 0 heterocycles. The number of nitrogens with one attached hydrogen (secondary N) is 1. The van der Waals surface area contributed by atoms with E-state index in [-0.39, 0.29) is 17.6 Å². The molecular formula is C16H18FNO. The van der Waals surface area contributed by atoms with Crippen molar-refractivity contribution in [1.82, 2.24) is 0 Å². The molecule has 2 rings (SSSR count). The lowest BCUT2D eigenvalue weighted by atomic mass is 10.1. The van der Waals surface area contributed by atoms with Crippen molar-refractivity contribution in [2.75, 3.05) is 5.32 Å². The first-order valence-corrected chi connectivity index (χ1v) is 6.35. The van der Waals surface area contributed by atoms with Gasteiger partial charge in [0.2, 0.25) is 0 Å². The van der Waals surface area contributed by atoms with E-state index in [0.717, 1.165) is 23.2 Å². The van der Waals surface area contributed by atoms with Gasteiger partial charge in [-0.15, -0.1) is 0 Å². The average Bonchev–Trinajstić information content (AvgIpc) is 2.34. The van der Waals surface area contributed by atoms with Crippen LogP contribution in [0, 0.1) is 12.7 Å². The summed E-state index contributed by atoms with van der Waals surface area (Å²) < 4.78 is 13.1. The molecule has 1 unspecified atom stereocenters. The Balaban J connectivity index is 2.01. The van der Waals surface area contributed by atoms with Crippen molar-refractivity contribution in [3.63, 3.8) is 0 Å². The van der Waals surface area contributed by atoms with Gasteiger partial charge in [-0.2, -0.15) is 0 Å². The van der Waals surface area contributed by atoms with Crippen LogP contribution in [0.3, 0.4) is 0 Å². The van der Waals surface area contributed by atoms with E-state index in [9.17, 15) is 9.50 Å². The van der Waals surface area contributed by atoms with Crippen LogP contribution in [0.25, 0.3) is 0 Å². The molecule has 0 fully saturated rings. The van der Waals surface area contributed by atoms with Crippen molar-refractivity contribution in [3.8, 4) is 5.75 Å². The van der Waals surface area contributed by atoms with Crippen LogP contribution < -0.4 is 5.32 Å². The largest absolute Gasteiger partial charge is 0.508 e. The minimum atomic E-state index is -0.210. The van der Waals surface area contributed by atoms with Crippen LogP contribution in [0.1, 0.15) is 18.1 Å². The maximum Gasteiger partial charge on any atom is 0.123 e. The molecule has 100 valence electrons. The van der Waals surface area contributed by atoms with Crippen molar-refractivity contribution in [2.24, 2.45) is 0 Å². The molecule has 0 aliphatic carbocycles. The van der Waals surface area contributed by atoms with E-state index in [0.29, 0.717) is 0 Å². The predicted octanol–water partition coefficient (Wildman–Crippen LogP) is 3.88. The topological polar surface area (TPSA) is 32.3 Å². The van der Waals surface area contributed by atoms with Gasteiger partial charge in [0, 0.05) is 17.8 Å². The van der Waals surface area contributed by atoms with Crippen molar-refractivity contribution >= 4 is 5.69 Å². The van der Waals surface area contributed by atoms with E-state index >= 15 is 0 Å². The molecule has 0 aliphatic rings. The van der Waals surface area contributed by atoms with E-state index in [4.69, 9.17) is 0 Å². The van der Waals surface area contributed by atoms with E-state index in [1.165, 1.54) is 6.07 Å². The zero-order valence-corrected chi connectivity index (χ0v) is 11.2. The lowest BCUT2D eigenvalue weighted by Crippen LogP contribution is -2.18. The Bertz CT molecular complexity index is 568. The van der Waals surface area contributed by atoms with E-state index < -0.39 is 0 Å². The molecule has 1 atom stereocenters. The molecule has 0 saturated heterocycles. The van der Waals surface area contributed by atoms with Crippen LogP contribution >= 0.6 is 0 Å². The second-order valence-corrected chi connectivity index (χ2v) is 4.88. The molecule has 0 aromatic heterocycles. The number of halogens is 1. The van der Waals surface area contributed by atoms with Gasteiger partial charge < -0.3 is 10.4 Å². The van der Waals surface area contributed by atoms with Gasteiger partial charge in [0.05, 0.1) is 0 Å². The number of hydrogen-bond donors (Lipinski definition) is 2. The van der Waals surface area contributed by atoms with Gasteiger partial charge in [-0.25, -0.2) is 4.39 Å². The standard InChI is InChI=1S/C16H18FNO/c1-11-6-7-15(10-16(11)19)18-12(2)8-13-4-3-5-14(17)9-13/h3-7,9-10,12,18-19H,8H2,1-2H3. The van der Waals surface area contributed by atoms with Crippen LogP contribution in [0.2, 0.25) is 0 Å². The van der Waals surface area contributed by atoms with Crippen LogP contribution in [0.5, 0.6) is 5.75 Å². The molecule has 2 aromatic rings. The van der Waals surface area contributed by atoms with Crippen molar-refractivity contribution in [3.05, 3.63) is 59.4 Å². The molecule has 0 amide bonds. The Morgan fingerprint density at radius 3 is 2.68 bits per heavy atom. The molecule has 0 bridgehead atoms. The zero-order chi connectivity index (χ0) is 13.8. The molecule has 2 aromatic carbocycles. The molecule has 2 nitrogen and oxygen atoms in total. The average molecular weight is 259 g/mol. The first-order valence-electron chi connectivity index (χ1n) is 6.35. The third-order valence-electron chi connectivity index (χ3n) is 3.05. The Morgan fingerprint density at radius 1 is 1.21 bits per heavy atom. The summed E-state index contributed by atoms with van der Waals surface area (Å²) in [4.78, 5) is 0. The second-order valence-electron chi connectivity index (χ2n) is 4.88. The molecule has 0 saturated carbocycles. The lowest BCUT2D eigenvalue weighted by molar-refractivity contribution is 0.471. The van der Waals surface area contributed by atoms with Gasteiger partial charge in [-0.3, -0.25) is 0 Å². The summed E-state index contributed by atoms with van der Waals surface area (Å²) in [7, 11) is 0. The van der Waals surface area contributed by atoms with E-state index in [2.05, 4.69) is 5.32 Å². The van der Waals surface area contributed by atoms with Gasteiger partial charge in [-0.1, -0.05) is 18.2 Å². The first kappa shape index (κ1) is 13.4. The number of rotatable bonds is 4. The number of aryl methyl sites for hydroxylation is 1. The predicted molar refractivity (Wildman–Crippen MR) is 76.0 cm³/mol. The van der Waals surface area contributed by atoms with Gasteiger partial charge in [0.15, 0.2) is 0 Å². The molecule has 2 N–H and O–H groups in total. The maximum atomic E-state index is 13.1. The molecular weight excluding hydrogens is 241 g/mol. The van der Waals surface area contributed by atoms with Crippen LogP contribution in [0.15, 0.2) is 42.5 Å². The van der Waals surface area contributed by atoms with Gasteiger partial charge in [0.1, 0.15) is 11.6 Å². The second kappa shape index (κ2) is 5.74. The highest BCUT2D eigenvalue weighted by atomic mass is 19.1.